The zero-order chi connectivity index (χ0) is 15.7. The Morgan fingerprint density at radius 2 is 2.27 bits per heavy atom. The molecular weight excluding hydrogens is 296 g/mol. The molecule has 5 heteroatoms. The highest BCUT2D eigenvalue weighted by atomic mass is 32.1. The quantitative estimate of drug-likeness (QED) is 0.922. The Labute approximate surface area is 134 Å². The van der Waals surface area contributed by atoms with Crippen molar-refractivity contribution in [2.24, 2.45) is 5.73 Å². The van der Waals surface area contributed by atoms with Gasteiger partial charge in [0, 0.05) is 29.3 Å². The van der Waals surface area contributed by atoms with Crippen LogP contribution in [0.4, 0.5) is 0 Å². The zero-order valence-corrected chi connectivity index (χ0v) is 13.6. The van der Waals surface area contributed by atoms with Crippen molar-refractivity contribution in [1.29, 1.82) is 0 Å². The van der Waals surface area contributed by atoms with Crippen molar-refractivity contribution >= 4 is 17.2 Å². The number of nitrogens with two attached hydrogens (primary N) is 1. The van der Waals surface area contributed by atoms with E-state index in [9.17, 15) is 4.79 Å². The molecule has 1 aromatic carbocycles. The number of benzene rings is 1. The molecule has 3 rings (SSSR count). The van der Waals surface area contributed by atoms with Gasteiger partial charge in [-0.3, -0.25) is 9.69 Å². The van der Waals surface area contributed by atoms with Crippen molar-refractivity contribution in [1.82, 2.24) is 4.90 Å². The third-order valence-electron chi connectivity index (χ3n) is 4.25. The summed E-state index contributed by atoms with van der Waals surface area (Å²) in [4.78, 5) is 14.6. The number of primary amides is 1. The molecule has 1 aromatic heterocycles. The number of likely N-dealkylation sites (N-methyl/N-ethyl adjacent to an activating group) is 1. The molecule has 2 heterocycles. The fraction of sp³-hybridized carbons (Fsp3) is 0.353. The Balaban J connectivity index is 1.63. The normalized spacial score (nSPS) is 18.0. The molecule has 2 N–H and O–H groups in total. The van der Waals surface area contributed by atoms with E-state index in [1.54, 1.807) is 11.3 Å². The van der Waals surface area contributed by atoms with Crippen molar-refractivity contribution in [2.45, 2.75) is 32.0 Å². The van der Waals surface area contributed by atoms with Gasteiger partial charge in [-0.05, 0) is 31.7 Å². The summed E-state index contributed by atoms with van der Waals surface area (Å²) in [6.45, 7) is 2.97. The van der Waals surface area contributed by atoms with Gasteiger partial charge in [-0.25, -0.2) is 0 Å². The first-order valence-electron chi connectivity index (χ1n) is 7.36. The van der Waals surface area contributed by atoms with Gasteiger partial charge in [0.05, 0.1) is 5.56 Å². The number of fused-ring (bicyclic) bond motifs is 1. The van der Waals surface area contributed by atoms with Gasteiger partial charge in [-0.15, -0.1) is 11.3 Å². The molecule has 0 spiro atoms. The van der Waals surface area contributed by atoms with Crippen LogP contribution < -0.4 is 10.5 Å². The maximum absolute atomic E-state index is 11.2. The summed E-state index contributed by atoms with van der Waals surface area (Å²) in [6.07, 6.45) is 1.11. The van der Waals surface area contributed by atoms with E-state index in [1.807, 2.05) is 23.6 Å². The van der Waals surface area contributed by atoms with E-state index in [4.69, 9.17) is 10.5 Å². The second-order valence-corrected chi connectivity index (χ2v) is 6.79. The van der Waals surface area contributed by atoms with Crippen molar-refractivity contribution in [3.05, 3.63) is 51.7 Å². The molecule has 2 unspecified atom stereocenters. The number of para-hydroxylation sites is 1. The Bertz CT molecular complexity index is 658. The Morgan fingerprint density at radius 3 is 2.95 bits per heavy atom. The van der Waals surface area contributed by atoms with E-state index in [1.165, 1.54) is 5.56 Å². The molecule has 1 aliphatic heterocycles. The van der Waals surface area contributed by atoms with E-state index >= 15 is 0 Å². The number of nitrogens with zero attached hydrogens (tertiary/aromatic N) is 1. The number of hydrogen-bond donors (Lipinski definition) is 1. The highest BCUT2D eigenvalue weighted by Gasteiger charge is 2.29. The molecule has 2 aromatic rings. The summed E-state index contributed by atoms with van der Waals surface area (Å²) in [5.74, 6) is 0.632. The lowest BCUT2D eigenvalue weighted by Gasteiger charge is -2.28. The van der Waals surface area contributed by atoms with Crippen LogP contribution >= 0.6 is 11.3 Å². The maximum atomic E-state index is 11.2. The fourth-order valence-electron chi connectivity index (χ4n) is 2.74. The average molecular weight is 316 g/mol. The van der Waals surface area contributed by atoms with E-state index in [0.717, 1.165) is 23.6 Å². The number of carbonyl (C=O) groups excluding carboxylic acids is 1. The van der Waals surface area contributed by atoms with Gasteiger partial charge in [-0.2, -0.15) is 0 Å². The molecule has 22 heavy (non-hydrogen) atoms. The van der Waals surface area contributed by atoms with Crippen LogP contribution in [0.2, 0.25) is 0 Å². The molecule has 0 fully saturated rings. The number of thiophene rings is 1. The van der Waals surface area contributed by atoms with Gasteiger partial charge in [0.2, 0.25) is 5.91 Å². The van der Waals surface area contributed by atoms with Crippen LogP contribution in [0.25, 0.3) is 0 Å². The van der Waals surface area contributed by atoms with Gasteiger partial charge >= 0.3 is 0 Å². The second kappa shape index (κ2) is 6.10. The van der Waals surface area contributed by atoms with Gasteiger partial charge in [0.15, 0.2) is 0 Å². The number of carbonyl (C=O) groups is 1. The molecule has 0 aliphatic carbocycles. The maximum Gasteiger partial charge on any atom is 0.249 e. The summed E-state index contributed by atoms with van der Waals surface area (Å²) in [5.41, 5.74) is 7.17. The van der Waals surface area contributed by atoms with Crippen LogP contribution in [0.15, 0.2) is 35.7 Å². The number of rotatable bonds is 5. The third-order valence-corrected chi connectivity index (χ3v) is 5.17. The summed E-state index contributed by atoms with van der Waals surface area (Å²) in [7, 11) is 2.08. The molecule has 2 atom stereocenters. The van der Waals surface area contributed by atoms with E-state index in [-0.39, 0.29) is 18.1 Å². The Kier molecular flexibility index (Phi) is 4.18. The molecule has 0 bridgehead atoms. The molecule has 0 saturated heterocycles. The lowest BCUT2D eigenvalue weighted by Crippen LogP contribution is -2.40. The standard InChI is InChI=1S/C17H20N2O2S/c1-11(16-8-12-5-3-4-6-15(12)21-16)19(2)9-14-7-13(10-22-14)17(18)20/h3-7,10-11,16H,8-9H2,1-2H3,(H2,18,20). The van der Waals surface area contributed by atoms with Crippen molar-refractivity contribution in [3.63, 3.8) is 0 Å². The minimum Gasteiger partial charge on any atom is -0.488 e. The molecule has 116 valence electrons. The van der Waals surface area contributed by atoms with Gasteiger partial charge in [0.1, 0.15) is 11.9 Å². The molecule has 0 saturated carbocycles. The predicted octanol–water partition coefficient (Wildman–Crippen LogP) is 2.67. The fourth-order valence-corrected chi connectivity index (χ4v) is 3.68. The first-order valence-corrected chi connectivity index (χ1v) is 8.24. The lowest BCUT2D eigenvalue weighted by atomic mass is 10.0. The van der Waals surface area contributed by atoms with E-state index in [0.29, 0.717) is 5.56 Å². The SMILES string of the molecule is CC(C1Cc2ccccc2O1)N(C)Cc1cc(C(N)=O)cs1. The first kappa shape index (κ1) is 15.1. The minimum absolute atomic E-state index is 0.165. The summed E-state index contributed by atoms with van der Waals surface area (Å²) < 4.78 is 6.06. The Hall–Kier alpha value is -1.85. The zero-order valence-electron chi connectivity index (χ0n) is 12.8. The molecule has 1 amide bonds. The third kappa shape index (κ3) is 3.00. The van der Waals surface area contributed by atoms with Crippen molar-refractivity contribution in [3.8, 4) is 5.75 Å². The van der Waals surface area contributed by atoms with Crippen molar-refractivity contribution in [2.75, 3.05) is 7.05 Å². The molecular formula is C17H20N2O2S. The number of ether oxygens (including phenoxy) is 1. The first-order chi connectivity index (χ1) is 10.5. The number of amides is 1. The monoisotopic (exact) mass is 316 g/mol. The van der Waals surface area contributed by atoms with Crippen LogP contribution in [-0.4, -0.2) is 30.0 Å². The van der Waals surface area contributed by atoms with Gasteiger partial charge in [-0.1, -0.05) is 18.2 Å². The topological polar surface area (TPSA) is 55.6 Å². The van der Waals surface area contributed by atoms with Crippen molar-refractivity contribution < 1.29 is 9.53 Å². The molecule has 0 radical (unpaired) electrons. The molecule has 4 nitrogen and oxygen atoms in total. The predicted molar refractivity (Wildman–Crippen MR) is 88.3 cm³/mol. The lowest BCUT2D eigenvalue weighted by molar-refractivity contribution is 0.0999. The summed E-state index contributed by atoms with van der Waals surface area (Å²) in [6, 6.07) is 10.4. The van der Waals surface area contributed by atoms with Crippen LogP contribution in [0, 0.1) is 0 Å². The highest BCUT2D eigenvalue weighted by molar-refractivity contribution is 7.10. The smallest absolute Gasteiger partial charge is 0.249 e. The van der Waals surface area contributed by atoms with Gasteiger partial charge in [0.25, 0.3) is 0 Å². The minimum atomic E-state index is -0.368. The largest absolute Gasteiger partial charge is 0.488 e. The van der Waals surface area contributed by atoms with Gasteiger partial charge < -0.3 is 10.5 Å². The van der Waals surface area contributed by atoms with Crippen LogP contribution in [0.3, 0.4) is 0 Å². The molecule has 1 aliphatic rings. The highest BCUT2D eigenvalue weighted by Crippen LogP contribution is 2.31. The summed E-state index contributed by atoms with van der Waals surface area (Å²) >= 11 is 1.57. The average Bonchev–Trinajstić information content (AvgIpc) is 3.12. The van der Waals surface area contributed by atoms with E-state index < -0.39 is 0 Å². The summed E-state index contributed by atoms with van der Waals surface area (Å²) in [5, 5.41) is 1.82. The van der Waals surface area contributed by atoms with Crippen LogP contribution in [0.1, 0.15) is 27.7 Å². The number of hydrogen-bond acceptors (Lipinski definition) is 4. The van der Waals surface area contributed by atoms with Crippen LogP contribution in [0.5, 0.6) is 5.75 Å². The Morgan fingerprint density at radius 1 is 1.50 bits per heavy atom. The second-order valence-electron chi connectivity index (χ2n) is 5.79. The van der Waals surface area contributed by atoms with E-state index in [2.05, 4.69) is 31.0 Å². The van der Waals surface area contributed by atoms with Crippen LogP contribution in [-0.2, 0) is 13.0 Å².